The van der Waals surface area contributed by atoms with E-state index in [-0.39, 0.29) is 26.1 Å². The van der Waals surface area contributed by atoms with Crippen LogP contribution in [0.5, 0.6) is 0 Å². The first-order chi connectivity index (χ1) is 28.4. The summed E-state index contributed by atoms with van der Waals surface area (Å²) in [4.78, 5) is 37.6. The van der Waals surface area contributed by atoms with Gasteiger partial charge in [0, 0.05) is 12.8 Å². The molecule has 0 rings (SSSR count). The molecule has 0 saturated carbocycles. The lowest BCUT2D eigenvalue weighted by atomic mass is 10.1. The number of aliphatic hydroxyl groups excluding tert-OH is 1. The SMILES string of the molecule is CC/C=C\C/C=C\C/C=C\C/C=C\C=C\C(O)CCCC(=O)OC[C@H](COP(=O)([O-])OCC[N+](C)(C)C)OC(=O)CCCCCCCCC/C=C\C/C=C\CCCCC. The van der Waals surface area contributed by atoms with E-state index in [0.29, 0.717) is 30.3 Å². The average Bonchev–Trinajstić information content (AvgIpc) is 3.18. The fourth-order valence-electron chi connectivity index (χ4n) is 5.48. The number of phosphoric ester groups is 1. The van der Waals surface area contributed by atoms with Crippen molar-refractivity contribution in [2.24, 2.45) is 0 Å². The normalized spacial score (nSPS) is 14.9. The number of rotatable bonds is 39. The predicted molar refractivity (Wildman–Crippen MR) is 242 cm³/mol. The molecule has 0 fully saturated rings. The number of quaternary nitrogens is 1. The number of ether oxygens (including phenoxy) is 2. The Hall–Kier alpha value is -2.85. The van der Waals surface area contributed by atoms with Crippen molar-refractivity contribution in [3.05, 3.63) is 85.1 Å². The molecule has 0 bridgehead atoms. The van der Waals surface area contributed by atoms with Crippen LogP contribution in [0.1, 0.15) is 149 Å². The number of hydrogen-bond acceptors (Lipinski definition) is 9. The molecule has 0 aliphatic carbocycles. The molecule has 0 spiro atoms. The van der Waals surface area contributed by atoms with E-state index in [2.05, 4.69) is 74.6 Å². The van der Waals surface area contributed by atoms with Gasteiger partial charge in [-0.1, -0.05) is 144 Å². The van der Waals surface area contributed by atoms with Crippen molar-refractivity contribution in [1.82, 2.24) is 0 Å². The number of aliphatic hydroxyl groups is 1. The van der Waals surface area contributed by atoms with Crippen LogP contribution in [0.3, 0.4) is 0 Å². The molecule has 0 radical (unpaired) electrons. The molecule has 0 saturated heterocycles. The number of likely N-dealkylation sites (N-methyl/N-ethyl adjacent to an activating group) is 1. The third-order valence-corrected chi connectivity index (χ3v) is 9.97. The lowest BCUT2D eigenvalue weighted by molar-refractivity contribution is -0.870. The maximum Gasteiger partial charge on any atom is 0.306 e. The fraction of sp³-hybridized carbons (Fsp3) is 0.667. The topological polar surface area (TPSA) is 131 Å². The monoisotopic (exact) mass is 848 g/mol. The van der Waals surface area contributed by atoms with Crippen molar-refractivity contribution in [3.8, 4) is 0 Å². The van der Waals surface area contributed by atoms with Crippen molar-refractivity contribution in [2.75, 3.05) is 47.5 Å². The molecular formula is C48H82NO9P. The van der Waals surface area contributed by atoms with E-state index in [1.165, 1.54) is 38.5 Å². The summed E-state index contributed by atoms with van der Waals surface area (Å²) in [7, 11) is 1.04. The van der Waals surface area contributed by atoms with Gasteiger partial charge in [-0.3, -0.25) is 14.2 Å². The summed E-state index contributed by atoms with van der Waals surface area (Å²) >= 11 is 0. The minimum Gasteiger partial charge on any atom is -0.756 e. The second kappa shape index (κ2) is 39.3. The minimum absolute atomic E-state index is 0.0398. The smallest absolute Gasteiger partial charge is 0.306 e. The van der Waals surface area contributed by atoms with E-state index in [1.807, 2.05) is 33.3 Å². The molecule has 3 atom stereocenters. The Morgan fingerprint density at radius 3 is 1.80 bits per heavy atom. The molecule has 338 valence electrons. The Balaban J connectivity index is 4.57. The number of carbonyl (C=O) groups excluding carboxylic acids is 2. The van der Waals surface area contributed by atoms with Crippen molar-refractivity contribution < 1.29 is 47.2 Å². The maximum absolute atomic E-state index is 12.7. The van der Waals surface area contributed by atoms with Gasteiger partial charge in [0.25, 0.3) is 7.82 Å². The molecule has 2 unspecified atom stereocenters. The van der Waals surface area contributed by atoms with Gasteiger partial charge >= 0.3 is 11.9 Å². The van der Waals surface area contributed by atoms with E-state index in [9.17, 15) is 24.2 Å². The zero-order valence-corrected chi connectivity index (χ0v) is 38.4. The number of nitrogens with zero attached hydrogens (tertiary/aromatic N) is 1. The molecule has 59 heavy (non-hydrogen) atoms. The summed E-state index contributed by atoms with van der Waals surface area (Å²) in [6.07, 6.45) is 46.4. The Labute approximate surface area is 359 Å². The van der Waals surface area contributed by atoms with Crippen LogP contribution in [0.4, 0.5) is 0 Å². The highest BCUT2D eigenvalue weighted by molar-refractivity contribution is 7.45. The summed E-state index contributed by atoms with van der Waals surface area (Å²) in [6, 6.07) is 0. The standard InChI is InChI=1S/C48H82NO9P/c1-6-8-10-12-14-16-18-20-21-22-23-25-27-29-31-33-35-39-48(52)58-46(44-57-59(53,54)56-42-41-49(3,4)5)43-55-47(51)40-36-38-45(50)37-34-32-30-28-26-24-19-17-15-13-11-9-7-2/h9,11,14-17,20-21,24,26,30,32,34,37,45-46,50H,6-8,10,12-13,18-19,22-23,25,27-29,31,33,35-36,38-44H2,1-5H3/b11-9-,16-14-,17-15-,21-20-,26-24-,32-30-,37-34+/t45?,46-/m1/s1. The third-order valence-electron chi connectivity index (χ3n) is 9.00. The van der Waals surface area contributed by atoms with Gasteiger partial charge in [-0.2, -0.15) is 0 Å². The van der Waals surface area contributed by atoms with Gasteiger partial charge in [-0.25, -0.2) is 0 Å². The fourth-order valence-corrected chi connectivity index (χ4v) is 6.20. The molecule has 0 amide bonds. The molecule has 0 aromatic rings. The minimum atomic E-state index is -4.68. The Kier molecular flexibility index (Phi) is 37.4. The molecule has 0 aliphatic heterocycles. The highest BCUT2D eigenvalue weighted by Crippen LogP contribution is 2.38. The molecule has 0 aromatic carbocycles. The van der Waals surface area contributed by atoms with Gasteiger partial charge in [-0.15, -0.1) is 0 Å². The first kappa shape index (κ1) is 56.1. The van der Waals surface area contributed by atoms with E-state index in [0.717, 1.165) is 64.2 Å². The predicted octanol–water partition coefficient (Wildman–Crippen LogP) is 11.1. The van der Waals surface area contributed by atoms with E-state index >= 15 is 0 Å². The first-order valence-electron chi connectivity index (χ1n) is 22.4. The van der Waals surface area contributed by atoms with Crippen molar-refractivity contribution in [3.63, 3.8) is 0 Å². The van der Waals surface area contributed by atoms with Gasteiger partial charge in [0.05, 0.1) is 33.9 Å². The zero-order valence-electron chi connectivity index (χ0n) is 37.5. The first-order valence-corrected chi connectivity index (χ1v) is 23.9. The van der Waals surface area contributed by atoms with Crippen molar-refractivity contribution in [2.45, 2.75) is 161 Å². The van der Waals surface area contributed by atoms with Crippen LogP contribution >= 0.6 is 7.82 Å². The van der Waals surface area contributed by atoms with Crippen LogP contribution in [-0.4, -0.2) is 81.2 Å². The number of allylic oxidation sites excluding steroid dienone is 13. The average molecular weight is 848 g/mol. The number of hydrogen-bond donors (Lipinski definition) is 1. The highest BCUT2D eigenvalue weighted by Gasteiger charge is 2.22. The van der Waals surface area contributed by atoms with Gasteiger partial charge in [-0.05, 0) is 77.0 Å². The Morgan fingerprint density at radius 1 is 0.644 bits per heavy atom. The number of unbranched alkanes of at least 4 members (excludes halogenated alkanes) is 10. The third kappa shape index (κ3) is 43.1. The summed E-state index contributed by atoms with van der Waals surface area (Å²) < 4.78 is 33.7. The largest absolute Gasteiger partial charge is 0.756 e. The molecule has 1 N–H and O–H groups in total. The molecular weight excluding hydrogens is 765 g/mol. The summed E-state index contributed by atoms with van der Waals surface area (Å²) in [5.74, 6) is -1.06. The van der Waals surface area contributed by atoms with Crippen LogP contribution < -0.4 is 4.89 Å². The molecule has 10 nitrogen and oxygen atoms in total. The maximum atomic E-state index is 12.7. The van der Waals surface area contributed by atoms with Crippen molar-refractivity contribution >= 4 is 19.8 Å². The van der Waals surface area contributed by atoms with E-state index in [4.69, 9.17) is 18.5 Å². The lowest BCUT2D eigenvalue weighted by Crippen LogP contribution is -2.37. The summed E-state index contributed by atoms with van der Waals surface area (Å²) in [6.45, 7) is 3.83. The van der Waals surface area contributed by atoms with Crippen LogP contribution in [0.15, 0.2) is 85.1 Å². The van der Waals surface area contributed by atoms with Crippen LogP contribution in [0, 0.1) is 0 Å². The number of esters is 2. The van der Waals surface area contributed by atoms with Gasteiger partial charge < -0.3 is 33.0 Å². The van der Waals surface area contributed by atoms with E-state index in [1.54, 1.807) is 12.2 Å². The Bertz CT molecular complexity index is 1300. The van der Waals surface area contributed by atoms with Gasteiger partial charge in [0.15, 0.2) is 6.10 Å². The second-order valence-electron chi connectivity index (χ2n) is 15.9. The summed E-state index contributed by atoms with van der Waals surface area (Å²) in [5.41, 5.74) is 0. The zero-order chi connectivity index (χ0) is 43.7. The molecule has 0 aliphatic rings. The highest BCUT2D eigenvalue weighted by atomic mass is 31.2. The van der Waals surface area contributed by atoms with Crippen LogP contribution in [0.2, 0.25) is 0 Å². The van der Waals surface area contributed by atoms with Gasteiger partial charge in [0.2, 0.25) is 0 Å². The van der Waals surface area contributed by atoms with Gasteiger partial charge in [0.1, 0.15) is 19.8 Å². The number of carbonyl (C=O) groups is 2. The Morgan fingerprint density at radius 2 is 1.19 bits per heavy atom. The molecule has 0 aromatic heterocycles. The van der Waals surface area contributed by atoms with Crippen LogP contribution in [-0.2, 0) is 32.7 Å². The van der Waals surface area contributed by atoms with E-state index < -0.39 is 38.6 Å². The summed E-state index contributed by atoms with van der Waals surface area (Å²) in [5, 5.41) is 10.3. The second-order valence-corrected chi connectivity index (χ2v) is 17.3. The van der Waals surface area contributed by atoms with Crippen molar-refractivity contribution in [1.29, 1.82) is 0 Å². The van der Waals surface area contributed by atoms with Crippen LogP contribution in [0.25, 0.3) is 0 Å². The molecule has 0 heterocycles. The number of phosphoric acid groups is 1. The lowest BCUT2D eigenvalue weighted by Gasteiger charge is -2.28. The quantitative estimate of drug-likeness (QED) is 0.0160. The molecule has 11 heteroatoms.